The van der Waals surface area contributed by atoms with E-state index in [2.05, 4.69) is 36.2 Å². The molecule has 0 aliphatic carbocycles. The Bertz CT molecular complexity index is 272. The van der Waals surface area contributed by atoms with Gasteiger partial charge >= 0.3 is 7.25 Å². The van der Waals surface area contributed by atoms with Crippen molar-refractivity contribution in [3.05, 3.63) is 12.4 Å². The molecule has 0 radical (unpaired) electrons. The van der Waals surface area contributed by atoms with Crippen LogP contribution in [0.1, 0.15) is 58.3 Å². The first-order chi connectivity index (χ1) is 9.83. The molecule has 0 aromatic rings. The van der Waals surface area contributed by atoms with Crippen LogP contribution in [0, 0.1) is 0 Å². The van der Waals surface area contributed by atoms with E-state index < -0.39 is 7.25 Å². The van der Waals surface area contributed by atoms with Crippen molar-refractivity contribution in [3.8, 4) is 0 Å². The summed E-state index contributed by atoms with van der Waals surface area (Å²) in [4.78, 5) is 4.63. The fraction of sp³-hybridized carbons (Fsp3) is 0.857. The summed E-state index contributed by atoms with van der Waals surface area (Å²) < 4.78 is 39.0. The van der Waals surface area contributed by atoms with Gasteiger partial charge in [0.1, 0.15) is 0 Å². The Labute approximate surface area is 142 Å². The fourth-order valence-electron chi connectivity index (χ4n) is 2.18. The van der Waals surface area contributed by atoms with Gasteiger partial charge in [0, 0.05) is 26.0 Å². The van der Waals surface area contributed by atoms with Crippen molar-refractivity contribution in [1.82, 2.24) is 9.80 Å². The minimum atomic E-state index is -6.00. The molecule has 0 N–H and O–H groups in total. The summed E-state index contributed by atoms with van der Waals surface area (Å²) in [5.41, 5.74) is 0. The number of hydrogen-bond donors (Lipinski definition) is 0. The average molecular weight is 392 g/mol. The number of nitrogens with zero attached hydrogens (tertiary/aromatic N) is 2. The lowest BCUT2D eigenvalue weighted by molar-refractivity contribution is 0.290. The zero-order valence-electron chi connectivity index (χ0n) is 13.6. The molecule has 1 heterocycles. The molecule has 0 spiro atoms. The molecular formula is C14H29BBrF4N2-. The van der Waals surface area contributed by atoms with Crippen molar-refractivity contribution in [2.45, 2.75) is 58.3 Å². The molecule has 134 valence electrons. The summed E-state index contributed by atoms with van der Waals surface area (Å²) in [6.45, 7) is 4.59. The van der Waals surface area contributed by atoms with Gasteiger partial charge < -0.3 is 27.1 Å². The van der Waals surface area contributed by atoms with Crippen LogP contribution in [-0.4, -0.2) is 37.3 Å². The van der Waals surface area contributed by atoms with Gasteiger partial charge in [-0.25, -0.2) is 0 Å². The lowest BCUT2D eigenvalue weighted by Crippen LogP contribution is -2.23. The maximum absolute atomic E-state index is 9.75. The number of hydrogen-bond acceptors (Lipinski definition) is 2. The molecule has 2 nitrogen and oxygen atoms in total. The Kier molecular flexibility index (Phi) is 15.4. The average Bonchev–Trinajstić information content (AvgIpc) is 2.76. The zero-order valence-corrected chi connectivity index (χ0v) is 15.3. The van der Waals surface area contributed by atoms with E-state index in [-0.39, 0.29) is 17.0 Å². The smallest absolute Gasteiger partial charge is 0.418 e. The molecule has 0 saturated carbocycles. The maximum Gasteiger partial charge on any atom is 0.673 e. The van der Waals surface area contributed by atoms with E-state index in [4.69, 9.17) is 0 Å². The third-order valence-corrected chi connectivity index (χ3v) is 3.24. The van der Waals surface area contributed by atoms with Crippen molar-refractivity contribution in [1.29, 1.82) is 0 Å². The van der Waals surface area contributed by atoms with Gasteiger partial charge in [-0.05, 0) is 6.42 Å². The Hall–Kier alpha value is -0.395. The van der Waals surface area contributed by atoms with Gasteiger partial charge in [-0.1, -0.05) is 51.9 Å². The van der Waals surface area contributed by atoms with Gasteiger partial charge in [0.2, 0.25) is 0 Å². The maximum atomic E-state index is 9.75. The summed E-state index contributed by atoms with van der Waals surface area (Å²) in [5.74, 6) is 0. The van der Waals surface area contributed by atoms with Crippen LogP contribution < -0.4 is 0 Å². The number of unbranched alkanes of at least 4 members (excludes halogenated alkanes) is 7. The SMILES string of the molecule is Br.CCCCCCCCCCN1C=CN(C)C1.F[B-](F)(F)F. The second-order valence-corrected chi connectivity index (χ2v) is 5.48. The summed E-state index contributed by atoms with van der Waals surface area (Å²) >= 11 is 0. The summed E-state index contributed by atoms with van der Waals surface area (Å²) in [6.07, 6.45) is 15.7. The van der Waals surface area contributed by atoms with Crippen molar-refractivity contribution in [2.75, 3.05) is 20.3 Å². The van der Waals surface area contributed by atoms with Gasteiger partial charge in [0.05, 0.1) is 6.67 Å². The lowest BCUT2D eigenvalue weighted by atomic mass is 10.1. The van der Waals surface area contributed by atoms with Gasteiger partial charge in [-0.2, -0.15) is 0 Å². The molecule has 0 aromatic carbocycles. The summed E-state index contributed by atoms with van der Waals surface area (Å²) in [5, 5.41) is 0. The third-order valence-electron chi connectivity index (χ3n) is 3.24. The Balaban J connectivity index is 0. The summed E-state index contributed by atoms with van der Waals surface area (Å²) in [6, 6.07) is 0. The molecule has 1 rings (SSSR count). The van der Waals surface area contributed by atoms with Crippen LogP contribution in [0.25, 0.3) is 0 Å². The third kappa shape index (κ3) is 19.6. The minimum Gasteiger partial charge on any atom is -0.418 e. The molecule has 0 atom stereocenters. The molecule has 1 aliphatic heterocycles. The van der Waals surface area contributed by atoms with E-state index in [1.54, 1.807) is 0 Å². The normalized spacial score (nSPS) is 13.7. The van der Waals surface area contributed by atoms with Crippen LogP contribution >= 0.6 is 17.0 Å². The number of halogens is 5. The van der Waals surface area contributed by atoms with Crippen LogP contribution in [-0.2, 0) is 0 Å². The Morgan fingerprint density at radius 3 is 1.73 bits per heavy atom. The van der Waals surface area contributed by atoms with Gasteiger partial charge in [-0.15, -0.1) is 17.0 Å². The second-order valence-electron chi connectivity index (χ2n) is 5.48. The Morgan fingerprint density at radius 1 is 0.864 bits per heavy atom. The minimum absolute atomic E-state index is 0. The molecule has 0 fully saturated rings. The van der Waals surface area contributed by atoms with Crippen LogP contribution in [0.15, 0.2) is 12.4 Å². The topological polar surface area (TPSA) is 6.48 Å². The van der Waals surface area contributed by atoms with Gasteiger partial charge in [-0.3, -0.25) is 0 Å². The second kappa shape index (κ2) is 14.2. The highest BCUT2D eigenvalue weighted by Gasteiger charge is 2.20. The molecule has 0 amide bonds. The van der Waals surface area contributed by atoms with Crippen molar-refractivity contribution >= 4 is 24.2 Å². The van der Waals surface area contributed by atoms with Crippen molar-refractivity contribution in [3.63, 3.8) is 0 Å². The van der Waals surface area contributed by atoms with Crippen LogP contribution in [0.4, 0.5) is 17.3 Å². The van der Waals surface area contributed by atoms with E-state index >= 15 is 0 Å². The lowest BCUT2D eigenvalue weighted by Gasteiger charge is -2.17. The molecule has 0 unspecified atom stereocenters. The predicted molar refractivity (Wildman–Crippen MR) is 91.6 cm³/mol. The number of rotatable bonds is 9. The van der Waals surface area contributed by atoms with E-state index in [0.29, 0.717) is 0 Å². The molecule has 0 saturated heterocycles. The highest BCUT2D eigenvalue weighted by atomic mass is 79.9. The Morgan fingerprint density at radius 2 is 1.32 bits per heavy atom. The fourth-order valence-corrected chi connectivity index (χ4v) is 2.18. The molecular weight excluding hydrogens is 363 g/mol. The standard InChI is InChI=1S/C14H28N2.BF4.BrH/c1-3-4-5-6-7-8-9-10-11-16-13-12-15(2)14-16;2-1(3,4)5;/h12-13H,3-11,14H2,1-2H3;;1H/q;-1;. The highest BCUT2D eigenvalue weighted by molar-refractivity contribution is 8.93. The molecule has 8 heteroatoms. The first kappa shape index (κ1) is 23.9. The molecule has 0 bridgehead atoms. The molecule has 1 aliphatic rings. The van der Waals surface area contributed by atoms with E-state index in [0.717, 1.165) is 6.67 Å². The van der Waals surface area contributed by atoms with E-state index in [1.807, 2.05) is 0 Å². The van der Waals surface area contributed by atoms with Crippen molar-refractivity contribution < 1.29 is 17.3 Å². The van der Waals surface area contributed by atoms with Gasteiger partial charge in [0.25, 0.3) is 0 Å². The highest BCUT2D eigenvalue weighted by Crippen LogP contribution is 2.10. The quantitative estimate of drug-likeness (QED) is 0.283. The van der Waals surface area contributed by atoms with Crippen LogP contribution in [0.3, 0.4) is 0 Å². The first-order valence-corrected chi connectivity index (χ1v) is 7.83. The molecule has 22 heavy (non-hydrogen) atoms. The summed E-state index contributed by atoms with van der Waals surface area (Å²) in [7, 11) is -3.87. The largest absolute Gasteiger partial charge is 0.673 e. The van der Waals surface area contributed by atoms with Crippen molar-refractivity contribution in [2.24, 2.45) is 0 Å². The van der Waals surface area contributed by atoms with E-state index in [9.17, 15) is 17.3 Å². The van der Waals surface area contributed by atoms with Gasteiger partial charge in [0.15, 0.2) is 0 Å². The monoisotopic (exact) mass is 391 g/mol. The first-order valence-electron chi connectivity index (χ1n) is 7.83. The van der Waals surface area contributed by atoms with Crippen LogP contribution in [0.2, 0.25) is 0 Å². The predicted octanol–water partition coefficient (Wildman–Crippen LogP) is 5.68. The zero-order chi connectivity index (χ0) is 16.1. The molecule has 0 aromatic heterocycles. The van der Waals surface area contributed by atoms with E-state index in [1.165, 1.54) is 57.9 Å². The van der Waals surface area contributed by atoms with Crippen LogP contribution in [0.5, 0.6) is 0 Å².